The Hall–Kier alpha value is -0.910. The van der Waals surface area contributed by atoms with E-state index in [2.05, 4.69) is 4.98 Å². The van der Waals surface area contributed by atoms with Crippen LogP contribution in [0.15, 0.2) is 12.1 Å². The van der Waals surface area contributed by atoms with Crippen molar-refractivity contribution in [1.82, 2.24) is 9.55 Å². The summed E-state index contributed by atoms with van der Waals surface area (Å²) in [5.41, 5.74) is 1.42. The Morgan fingerprint density at radius 1 is 1.59 bits per heavy atom. The van der Waals surface area contributed by atoms with Crippen LogP contribution in [0.2, 0.25) is 5.02 Å². The second-order valence-electron chi connectivity index (χ2n) is 3.89. The van der Waals surface area contributed by atoms with E-state index in [1.807, 2.05) is 11.5 Å². The molecule has 1 aromatic carbocycles. The van der Waals surface area contributed by atoms with Crippen LogP contribution in [0.25, 0.3) is 11.0 Å². The number of aromatic amines is 1. The summed E-state index contributed by atoms with van der Waals surface area (Å²) in [6.07, 6.45) is 0. The lowest BCUT2D eigenvalue weighted by Gasteiger charge is -2.13. The van der Waals surface area contributed by atoms with Crippen molar-refractivity contribution in [3.63, 3.8) is 0 Å². The highest BCUT2D eigenvalue weighted by molar-refractivity contribution is 7.71. The number of hydrogen-bond acceptors (Lipinski definition) is 2. The van der Waals surface area contributed by atoms with Gasteiger partial charge in [-0.2, -0.15) is 0 Å². The highest BCUT2D eigenvalue weighted by Crippen LogP contribution is 2.25. The number of H-pyrrole nitrogens is 1. The van der Waals surface area contributed by atoms with Gasteiger partial charge in [-0.3, -0.25) is 0 Å². The van der Waals surface area contributed by atoms with Gasteiger partial charge < -0.3 is 14.3 Å². The van der Waals surface area contributed by atoms with Crippen LogP contribution in [-0.4, -0.2) is 23.3 Å². The maximum Gasteiger partial charge on any atom is 0.178 e. The van der Waals surface area contributed by atoms with Crippen LogP contribution in [0.1, 0.15) is 13.0 Å². The van der Waals surface area contributed by atoms with Gasteiger partial charge in [0, 0.05) is 13.2 Å². The van der Waals surface area contributed by atoms with E-state index in [4.69, 9.17) is 28.6 Å². The molecule has 2 rings (SSSR count). The summed E-state index contributed by atoms with van der Waals surface area (Å²) >= 11 is 11.0. The fourth-order valence-electron chi connectivity index (χ4n) is 1.87. The van der Waals surface area contributed by atoms with E-state index < -0.39 is 5.82 Å². The van der Waals surface area contributed by atoms with Crippen LogP contribution in [-0.2, 0) is 4.74 Å². The fourth-order valence-corrected chi connectivity index (χ4v) is 2.42. The Morgan fingerprint density at radius 2 is 2.29 bits per heavy atom. The first-order chi connectivity index (χ1) is 8.04. The maximum absolute atomic E-state index is 13.3. The van der Waals surface area contributed by atoms with Gasteiger partial charge >= 0.3 is 0 Å². The van der Waals surface area contributed by atoms with Gasteiger partial charge in [-0.05, 0) is 25.2 Å². The molecule has 92 valence electrons. The number of rotatable bonds is 3. The number of halogens is 2. The molecule has 0 fully saturated rings. The van der Waals surface area contributed by atoms with E-state index >= 15 is 0 Å². The van der Waals surface area contributed by atoms with Gasteiger partial charge in [0.15, 0.2) is 4.77 Å². The molecule has 1 heterocycles. The van der Waals surface area contributed by atoms with Gasteiger partial charge in [0.2, 0.25) is 0 Å². The van der Waals surface area contributed by atoms with Gasteiger partial charge in [0.1, 0.15) is 5.82 Å². The zero-order valence-corrected chi connectivity index (χ0v) is 11.0. The molecular formula is C11H12ClFN2OS. The van der Waals surface area contributed by atoms with Gasteiger partial charge in [-0.25, -0.2) is 4.39 Å². The molecular weight excluding hydrogens is 263 g/mol. The van der Waals surface area contributed by atoms with E-state index in [1.54, 1.807) is 13.2 Å². The Morgan fingerprint density at radius 3 is 2.94 bits per heavy atom. The average molecular weight is 275 g/mol. The number of nitrogens with zero attached hydrogens (tertiary/aromatic N) is 1. The van der Waals surface area contributed by atoms with Crippen LogP contribution in [0.5, 0.6) is 0 Å². The topological polar surface area (TPSA) is 29.9 Å². The third-order valence-corrected chi connectivity index (χ3v) is 3.20. The van der Waals surface area contributed by atoms with E-state index in [-0.39, 0.29) is 11.1 Å². The van der Waals surface area contributed by atoms with E-state index in [9.17, 15) is 4.39 Å². The zero-order chi connectivity index (χ0) is 12.6. The monoisotopic (exact) mass is 274 g/mol. The minimum Gasteiger partial charge on any atom is -0.383 e. The molecule has 2 aromatic rings. The first kappa shape index (κ1) is 12.5. The highest BCUT2D eigenvalue weighted by atomic mass is 35.5. The molecule has 0 saturated carbocycles. The molecule has 0 radical (unpaired) electrons. The van der Waals surface area contributed by atoms with Crippen LogP contribution in [0.3, 0.4) is 0 Å². The molecule has 1 aromatic heterocycles. The number of imidazole rings is 1. The molecule has 0 aliphatic rings. The smallest absolute Gasteiger partial charge is 0.178 e. The van der Waals surface area contributed by atoms with Crippen molar-refractivity contribution in [2.24, 2.45) is 0 Å². The van der Waals surface area contributed by atoms with Gasteiger partial charge in [0.25, 0.3) is 0 Å². The molecule has 0 amide bonds. The summed E-state index contributed by atoms with van der Waals surface area (Å²) in [4.78, 5) is 2.96. The summed E-state index contributed by atoms with van der Waals surface area (Å²) in [5.74, 6) is -0.457. The van der Waals surface area contributed by atoms with E-state index in [1.165, 1.54) is 6.07 Å². The molecule has 1 atom stereocenters. The van der Waals surface area contributed by atoms with Crippen molar-refractivity contribution in [2.45, 2.75) is 13.0 Å². The van der Waals surface area contributed by atoms with Crippen molar-refractivity contribution in [2.75, 3.05) is 13.7 Å². The Labute approximate surface area is 108 Å². The fraction of sp³-hybridized carbons (Fsp3) is 0.364. The molecule has 0 aliphatic carbocycles. The first-order valence-electron chi connectivity index (χ1n) is 5.12. The molecule has 0 bridgehead atoms. The van der Waals surface area contributed by atoms with Crippen LogP contribution >= 0.6 is 23.8 Å². The van der Waals surface area contributed by atoms with Crippen LogP contribution in [0.4, 0.5) is 4.39 Å². The quantitative estimate of drug-likeness (QED) is 0.865. The second kappa shape index (κ2) is 4.76. The van der Waals surface area contributed by atoms with Crippen molar-refractivity contribution < 1.29 is 9.13 Å². The predicted octanol–water partition coefficient (Wildman–Crippen LogP) is 3.70. The molecule has 0 aliphatic heterocycles. The largest absolute Gasteiger partial charge is 0.383 e. The van der Waals surface area contributed by atoms with Crippen molar-refractivity contribution in [1.29, 1.82) is 0 Å². The van der Waals surface area contributed by atoms with Crippen LogP contribution in [0, 0.1) is 10.6 Å². The number of aromatic nitrogens is 2. The highest BCUT2D eigenvalue weighted by Gasteiger charge is 2.13. The number of fused-ring (bicyclic) bond motifs is 1. The first-order valence-corrected chi connectivity index (χ1v) is 5.91. The van der Waals surface area contributed by atoms with Gasteiger partial charge in [-0.15, -0.1) is 0 Å². The third-order valence-electron chi connectivity index (χ3n) is 2.61. The molecule has 0 saturated heterocycles. The normalized spacial score (nSPS) is 13.2. The Bertz CT molecular complexity index is 607. The number of benzene rings is 1. The van der Waals surface area contributed by atoms with Crippen molar-refractivity contribution >= 4 is 34.9 Å². The lowest BCUT2D eigenvalue weighted by atomic mass is 10.2. The summed E-state index contributed by atoms with van der Waals surface area (Å²) in [7, 11) is 1.63. The minimum atomic E-state index is -0.457. The lowest BCUT2D eigenvalue weighted by molar-refractivity contribution is 0.163. The molecule has 3 nitrogen and oxygen atoms in total. The minimum absolute atomic E-state index is 0.0581. The lowest BCUT2D eigenvalue weighted by Crippen LogP contribution is -2.10. The second-order valence-corrected chi connectivity index (χ2v) is 4.68. The number of nitrogens with one attached hydrogen (secondary N) is 1. The Balaban J connectivity index is 2.66. The van der Waals surface area contributed by atoms with Crippen molar-refractivity contribution in [3.8, 4) is 0 Å². The Kier molecular flexibility index (Phi) is 3.51. The molecule has 0 spiro atoms. The predicted molar refractivity (Wildman–Crippen MR) is 68.7 cm³/mol. The molecule has 17 heavy (non-hydrogen) atoms. The van der Waals surface area contributed by atoms with E-state index in [0.717, 1.165) is 5.52 Å². The standard InChI is InChI=1S/C11H12ClFN2OS/c1-6(5-16-2)15-10-3-7(12)8(13)4-9(10)14-11(15)17/h3-4,6H,5H2,1-2H3,(H,14,17). The summed E-state index contributed by atoms with van der Waals surface area (Å²) in [6.45, 7) is 2.50. The SMILES string of the molecule is COCC(C)n1c(=S)[nH]c2cc(F)c(Cl)cc21. The molecule has 6 heteroatoms. The number of hydrogen-bond donors (Lipinski definition) is 1. The summed E-state index contributed by atoms with van der Waals surface area (Å²) in [5, 5.41) is 0.0878. The van der Waals surface area contributed by atoms with Crippen LogP contribution < -0.4 is 0 Å². The number of methoxy groups -OCH3 is 1. The van der Waals surface area contributed by atoms with E-state index in [0.29, 0.717) is 16.9 Å². The van der Waals surface area contributed by atoms with Gasteiger partial charge in [-0.1, -0.05) is 11.6 Å². The molecule has 1 unspecified atom stereocenters. The zero-order valence-electron chi connectivity index (χ0n) is 9.46. The van der Waals surface area contributed by atoms with Crippen molar-refractivity contribution in [3.05, 3.63) is 27.7 Å². The summed E-state index contributed by atoms with van der Waals surface area (Å²) < 4.78 is 20.8. The molecule has 1 N–H and O–H groups in total. The van der Waals surface area contributed by atoms with Gasteiger partial charge in [0.05, 0.1) is 28.7 Å². The average Bonchev–Trinajstić information content (AvgIpc) is 2.55. The maximum atomic E-state index is 13.3. The third kappa shape index (κ3) is 2.22. The summed E-state index contributed by atoms with van der Waals surface area (Å²) in [6, 6.07) is 2.98. The number of ether oxygens (including phenoxy) is 1.